The average Bonchev–Trinajstić information content (AvgIpc) is 2.34. The molecule has 0 amide bonds. The quantitative estimate of drug-likeness (QED) is 0.768. The van der Waals surface area contributed by atoms with Gasteiger partial charge in [0.25, 0.3) is 0 Å². The molecule has 1 rings (SSSR count). The fourth-order valence-electron chi connectivity index (χ4n) is 1.66. The predicted octanol–water partition coefficient (Wildman–Crippen LogP) is 3.95. The Bertz CT molecular complexity index is 346. The van der Waals surface area contributed by atoms with E-state index in [1.165, 1.54) is 5.56 Å². The van der Waals surface area contributed by atoms with Crippen molar-refractivity contribution in [3.8, 4) is 5.75 Å². The standard InChI is InChI=1S/C13H19BrClNO/c1-3-11(6-7-15)16-9-10-4-5-13(17-2)12(14)8-10/h4-5,8,11,16H,3,6-7,9H2,1-2H3. The van der Waals surface area contributed by atoms with Gasteiger partial charge in [0.05, 0.1) is 11.6 Å². The first-order valence-electron chi connectivity index (χ1n) is 5.83. The molecule has 0 aliphatic heterocycles. The van der Waals surface area contributed by atoms with E-state index in [1.807, 2.05) is 6.07 Å². The largest absolute Gasteiger partial charge is 0.496 e. The highest BCUT2D eigenvalue weighted by molar-refractivity contribution is 9.10. The van der Waals surface area contributed by atoms with Crippen LogP contribution in [0.25, 0.3) is 0 Å². The lowest BCUT2D eigenvalue weighted by molar-refractivity contribution is 0.411. The number of benzene rings is 1. The van der Waals surface area contributed by atoms with E-state index < -0.39 is 0 Å². The third-order valence-corrected chi connectivity index (χ3v) is 3.60. The van der Waals surface area contributed by atoms with Crippen molar-refractivity contribution in [1.29, 1.82) is 0 Å². The number of nitrogens with one attached hydrogen (secondary N) is 1. The lowest BCUT2D eigenvalue weighted by atomic mass is 10.1. The molecule has 0 aromatic heterocycles. The van der Waals surface area contributed by atoms with Gasteiger partial charge < -0.3 is 10.1 Å². The fraction of sp³-hybridized carbons (Fsp3) is 0.538. The molecule has 96 valence electrons. The van der Waals surface area contributed by atoms with E-state index >= 15 is 0 Å². The molecule has 0 spiro atoms. The van der Waals surface area contributed by atoms with Crippen LogP contribution in [0.2, 0.25) is 0 Å². The van der Waals surface area contributed by atoms with E-state index in [1.54, 1.807) is 7.11 Å². The summed E-state index contributed by atoms with van der Waals surface area (Å²) in [6.45, 7) is 3.03. The molecular weight excluding hydrogens is 302 g/mol. The molecule has 0 fully saturated rings. The molecule has 1 N–H and O–H groups in total. The summed E-state index contributed by atoms with van der Waals surface area (Å²) in [4.78, 5) is 0. The molecule has 0 aliphatic rings. The first kappa shape index (κ1) is 14.8. The van der Waals surface area contributed by atoms with Gasteiger partial charge >= 0.3 is 0 Å². The van der Waals surface area contributed by atoms with Crippen molar-refractivity contribution in [2.24, 2.45) is 0 Å². The number of alkyl halides is 1. The Balaban J connectivity index is 2.54. The lowest BCUT2D eigenvalue weighted by Gasteiger charge is -2.16. The van der Waals surface area contributed by atoms with Crippen molar-refractivity contribution in [3.63, 3.8) is 0 Å². The van der Waals surface area contributed by atoms with Gasteiger partial charge in [-0.25, -0.2) is 0 Å². The molecule has 0 aliphatic carbocycles. The van der Waals surface area contributed by atoms with Gasteiger partial charge in [-0.05, 0) is 46.5 Å². The minimum atomic E-state index is 0.494. The Morgan fingerprint density at radius 3 is 2.76 bits per heavy atom. The van der Waals surface area contributed by atoms with E-state index in [9.17, 15) is 0 Å². The second-order valence-electron chi connectivity index (χ2n) is 3.93. The zero-order chi connectivity index (χ0) is 12.7. The Morgan fingerprint density at radius 2 is 2.24 bits per heavy atom. The number of ether oxygens (including phenoxy) is 1. The van der Waals surface area contributed by atoms with Crippen LogP contribution in [0.4, 0.5) is 0 Å². The van der Waals surface area contributed by atoms with Gasteiger partial charge in [0, 0.05) is 18.5 Å². The van der Waals surface area contributed by atoms with Gasteiger partial charge in [-0.15, -0.1) is 11.6 Å². The van der Waals surface area contributed by atoms with E-state index in [0.29, 0.717) is 11.9 Å². The summed E-state index contributed by atoms with van der Waals surface area (Å²) in [7, 11) is 1.67. The summed E-state index contributed by atoms with van der Waals surface area (Å²) in [6.07, 6.45) is 2.11. The lowest BCUT2D eigenvalue weighted by Crippen LogP contribution is -2.28. The second-order valence-corrected chi connectivity index (χ2v) is 5.16. The maximum Gasteiger partial charge on any atom is 0.133 e. The van der Waals surface area contributed by atoms with Crippen LogP contribution < -0.4 is 10.1 Å². The number of halogens is 2. The molecule has 1 unspecified atom stereocenters. The van der Waals surface area contributed by atoms with Crippen LogP contribution in [-0.4, -0.2) is 19.0 Å². The van der Waals surface area contributed by atoms with Crippen molar-refractivity contribution in [3.05, 3.63) is 28.2 Å². The summed E-state index contributed by atoms with van der Waals surface area (Å²) in [5.41, 5.74) is 1.24. The molecule has 1 aromatic carbocycles. The average molecular weight is 321 g/mol. The summed E-state index contributed by atoms with van der Waals surface area (Å²) >= 11 is 9.25. The van der Waals surface area contributed by atoms with Gasteiger partial charge in [-0.2, -0.15) is 0 Å². The molecule has 0 heterocycles. The van der Waals surface area contributed by atoms with Crippen LogP contribution in [0.3, 0.4) is 0 Å². The van der Waals surface area contributed by atoms with E-state index in [2.05, 4.69) is 40.3 Å². The van der Waals surface area contributed by atoms with Crippen LogP contribution >= 0.6 is 27.5 Å². The number of rotatable bonds is 7. The van der Waals surface area contributed by atoms with E-state index in [-0.39, 0.29) is 0 Å². The summed E-state index contributed by atoms with van der Waals surface area (Å²) in [6, 6.07) is 6.63. The van der Waals surface area contributed by atoms with Crippen LogP contribution in [0.1, 0.15) is 25.3 Å². The molecule has 4 heteroatoms. The van der Waals surface area contributed by atoms with Crippen molar-refractivity contribution in [1.82, 2.24) is 5.32 Å². The highest BCUT2D eigenvalue weighted by atomic mass is 79.9. The van der Waals surface area contributed by atoms with Crippen LogP contribution in [-0.2, 0) is 6.54 Å². The Kier molecular flexibility index (Phi) is 6.93. The van der Waals surface area contributed by atoms with Gasteiger partial charge in [0.2, 0.25) is 0 Å². The van der Waals surface area contributed by atoms with Crippen molar-refractivity contribution in [2.75, 3.05) is 13.0 Å². The highest BCUT2D eigenvalue weighted by Crippen LogP contribution is 2.25. The van der Waals surface area contributed by atoms with Crippen molar-refractivity contribution in [2.45, 2.75) is 32.4 Å². The van der Waals surface area contributed by atoms with Crippen LogP contribution in [0.15, 0.2) is 22.7 Å². The molecule has 0 saturated heterocycles. The molecule has 1 aromatic rings. The summed E-state index contributed by atoms with van der Waals surface area (Å²) in [5, 5.41) is 3.51. The maximum absolute atomic E-state index is 5.76. The van der Waals surface area contributed by atoms with Gasteiger partial charge in [0.15, 0.2) is 0 Å². The first-order valence-corrected chi connectivity index (χ1v) is 7.15. The smallest absolute Gasteiger partial charge is 0.133 e. The Hall–Kier alpha value is -0.250. The molecule has 0 bridgehead atoms. The third-order valence-electron chi connectivity index (χ3n) is 2.76. The number of methoxy groups -OCH3 is 1. The predicted molar refractivity (Wildman–Crippen MR) is 76.9 cm³/mol. The molecule has 17 heavy (non-hydrogen) atoms. The summed E-state index contributed by atoms with van der Waals surface area (Å²) < 4.78 is 6.19. The zero-order valence-corrected chi connectivity index (χ0v) is 12.6. The molecule has 1 atom stereocenters. The monoisotopic (exact) mass is 319 g/mol. The normalized spacial score (nSPS) is 12.5. The van der Waals surface area contributed by atoms with Crippen molar-refractivity contribution < 1.29 is 4.74 Å². The van der Waals surface area contributed by atoms with E-state index in [4.69, 9.17) is 16.3 Å². The third kappa shape index (κ3) is 4.86. The minimum absolute atomic E-state index is 0.494. The highest BCUT2D eigenvalue weighted by Gasteiger charge is 2.06. The van der Waals surface area contributed by atoms with Gasteiger partial charge in [-0.1, -0.05) is 13.0 Å². The molecular formula is C13H19BrClNO. The summed E-state index contributed by atoms with van der Waals surface area (Å²) in [5.74, 6) is 1.57. The van der Waals surface area contributed by atoms with Crippen LogP contribution in [0.5, 0.6) is 5.75 Å². The fourth-order valence-corrected chi connectivity index (χ4v) is 2.52. The Morgan fingerprint density at radius 1 is 1.47 bits per heavy atom. The topological polar surface area (TPSA) is 21.3 Å². The maximum atomic E-state index is 5.76. The van der Waals surface area contributed by atoms with Crippen LogP contribution in [0, 0.1) is 0 Å². The Labute approximate surface area is 117 Å². The second kappa shape index (κ2) is 7.96. The van der Waals surface area contributed by atoms with Gasteiger partial charge in [0.1, 0.15) is 5.75 Å². The zero-order valence-electron chi connectivity index (χ0n) is 10.3. The molecule has 2 nitrogen and oxygen atoms in total. The molecule has 0 radical (unpaired) electrons. The van der Waals surface area contributed by atoms with E-state index in [0.717, 1.165) is 29.6 Å². The number of hydrogen-bond donors (Lipinski definition) is 1. The first-order chi connectivity index (χ1) is 8.21. The SMILES string of the molecule is CCC(CCCl)NCc1ccc(OC)c(Br)c1. The van der Waals surface area contributed by atoms with Gasteiger partial charge in [-0.3, -0.25) is 0 Å². The molecule has 0 saturated carbocycles. The minimum Gasteiger partial charge on any atom is -0.496 e. The number of hydrogen-bond acceptors (Lipinski definition) is 2. The van der Waals surface area contributed by atoms with Crippen molar-refractivity contribution >= 4 is 27.5 Å².